The molecule has 0 saturated carbocycles. The van der Waals surface area contributed by atoms with Crippen LogP contribution in [0, 0.1) is 6.92 Å². The standard InChI is InChI=1S/C29H25N5O/c1-3-27(35)34-24-9-5-8-21(13-24)23-14-25-26(17-32-29(25)31-16-23)28-22(15-30-18-33-28)11-10-20-7-4-6-19(2)12-20/h3-9,12-18H,1,10-11H2,2H3,(H,31,32)(H,34,35). The third-order valence-electron chi connectivity index (χ3n) is 5.99. The minimum absolute atomic E-state index is 0.245. The lowest BCUT2D eigenvalue weighted by Crippen LogP contribution is -2.06. The van der Waals surface area contributed by atoms with Crippen LogP contribution in [0.2, 0.25) is 0 Å². The molecule has 0 aliphatic heterocycles. The van der Waals surface area contributed by atoms with Crippen LogP contribution in [0.4, 0.5) is 5.69 Å². The van der Waals surface area contributed by atoms with Crippen molar-refractivity contribution in [3.63, 3.8) is 0 Å². The third-order valence-corrected chi connectivity index (χ3v) is 5.99. The number of nitrogens with one attached hydrogen (secondary N) is 2. The summed E-state index contributed by atoms with van der Waals surface area (Å²) in [7, 11) is 0. The van der Waals surface area contributed by atoms with Crippen LogP contribution in [0.5, 0.6) is 0 Å². The number of carbonyl (C=O) groups excluding carboxylic acids is 1. The summed E-state index contributed by atoms with van der Waals surface area (Å²) in [5.74, 6) is -0.245. The van der Waals surface area contributed by atoms with Crippen LogP contribution in [0.25, 0.3) is 33.4 Å². The molecule has 0 spiro atoms. The van der Waals surface area contributed by atoms with Crippen molar-refractivity contribution in [1.82, 2.24) is 19.9 Å². The number of amides is 1. The highest BCUT2D eigenvalue weighted by Gasteiger charge is 2.14. The molecule has 0 radical (unpaired) electrons. The molecule has 1 amide bonds. The van der Waals surface area contributed by atoms with Crippen molar-refractivity contribution in [3.05, 3.63) is 109 Å². The number of aryl methyl sites for hydroxylation is 3. The van der Waals surface area contributed by atoms with E-state index < -0.39 is 0 Å². The molecule has 0 bridgehead atoms. The summed E-state index contributed by atoms with van der Waals surface area (Å²) in [5, 5.41) is 3.79. The van der Waals surface area contributed by atoms with E-state index in [2.05, 4.69) is 69.1 Å². The van der Waals surface area contributed by atoms with Crippen LogP contribution in [0.3, 0.4) is 0 Å². The number of pyridine rings is 1. The van der Waals surface area contributed by atoms with Gasteiger partial charge in [0.25, 0.3) is 0 Å². The molecule has 0 atom stereocenters. The molecule has 0 fully saturated rings. The first kappa shape index (κ1) is 22.2. The van der Waals surface area contributed by atoms with Crippen LogP contribution in [0.15, 0.2) is 92.2 Å². The molecule has 2 aromatic carbocycles. The highest BCUT2D eigenvalue weighted by atomic mass is 16.1. The molecule has 0 saturated heterocycles. The number of carbonyl (C=O) groups is 1. The van der Waals surface area contributed by atoms with Gasteiger partial charge in [-0.3, -0.25) is 4.79 Å². The van der Waals surface area contributed by atoms with Crippen molar-refractivity contribution in [2.24, 2.45) is 0 Å². The van der Waals surface area contributed by atoms with E-state index >= 15 is 0 Å². The van der Waals surface area contributed by atoms with Crippen molar-refractivity contribution < 1.29 is 4.79 Å². The highest BCUT2D eigenvalue weighted by Crippen LogP contribution is 2.32. The number of fused-ring (bicyclic) bond motifs is 1. The van der Waals surface area contributed by atoms with Crippen molar-refractivity contribution in [2.45, 2.75) is 19.8 Å². The van der Waals surface area contributed by atoms with Crippen molar-refractivity contribution in [3.8, 4) is 22.4 Å². The van der Waals surface area contributed by atoms with Gasteiger partial charge in [0.15, 0.2) is 0 Å². The summed E-state index contributed by atoms with van der Waals surface area (Å²) < 4.78 is 0. The number of nitrogens with zero attached hydrogens (tertiary/aromatic N) is 3. The Hall–Kier alpha value is -4.58. The summed E-state index contributed by atoms with van der Waals surface area (Å²) in [6, 6.07) is 18.4. The van der Waals surface area contributed by atoms with Gasteiger partial charge in [0.2, 0.25) is 5.91 Å². The Kier molecular flexibility index (Phi) is 6.18. The normalized spacial score (nSPS) is 10.9. The van der Waals surface area contributed by atoms with Gasteiger partial charge in [0, 0.05) is 40.8 Å². The van der Waals surface area contributed by atoms with Gasteiger partial charge in [-0.1, -0.05) is 48.5 Å². The van der Waals surface area contributed by atoms with Crippen LogP contribution in [0.1, 0.15) is 16.7 Å². The highest BCUT2D eigenvalue weighted by molar-refractivity contribution is 5.99. The molecule has 3 aromatic heterocycles. The largest absolute Gasteiger partial charge is 0.345 e. The molecule has 0 unspecified atom stereocenters. The van der Waals surface area contributed by atoms with Crippen molar-refractivity contribution >= 4 is 22.6 Å². The summed E-state index contributed by atoms with van der Waals surface area (Å²) >= 11 is 0. The summed E-state index contributed by atoms with van der Waals surface area (Å²) in [4.78, 5) is 28.6. The molecular weight excluding hydrogens is 434 g/mol. The van der Waals surface area contributed by atoms with Crippen molar-refractivity contribution in [1.29, 1.82) is 0 Å². The van der Waals surface area contributed by atoms with Crippen LogP contribution in [-0.2, 0) is 17.6 Å². The first-order valence-electron chi connectivity index (χ1n) is 11.5. The predicted molar refractivity (Wildman–Crippen MR) is 140 cm³/mol. The maximum atomic E-state index is 11.7. The molecule has 5 rings (SSSR count). The molecular formula is C29H25N5O. The minimum atomic E-state index is -0.245. The predicted octanol–water partition coefficient (Wildman–Crippen LogP) is 5.91. The van der Waals surface area contributed by atoms with E-state index in [0.717, 1.165) is 51.8 Å². The second kappa shape index (κ2) is 9.73. The summed E-state index contributed by atoms with van der Waals surface area (Å²) in [5.41, 5.74) is 8.95. The monoisotopic (exact) mass is 459 g/mol. The van der Waals surface area contributed by atoms with Gasteiger partial charge in [-0.15, -0.1) is 0 Å². The lowest BCUT2D eigenvalue weighted by molar-refractivity contribution is -0.111. The summed E-state index contributed by atoms with van der Waals surface area (Å²) in [6.45, 7) is 5.62. The van der Waals surface area contributed by atoms with Gasteiger partial charge >= 0.3 is 0 Å². The number of aromatic amines is 1. The Bertz CT molecular complexity index is 1540. The summed E-state index contributed by atoms with van der Waals surface area (Å²) in [6.07, 6.45) is 10.3. The van der Waals surface area contributed by atoms with Gasteiger partial charge in [-0.2, -0.15) is 0 Å². The topological polar surface area (TPSA) is 83.6 Å². The fourth-order valence-corrected chi connectivity index (χ4v) is 4.26. The van der Waals surface area contributed by atoms with E-state index in [9.17, 15) is 4.79 Å². The van der Waals surface area contributed by atoms with Gasteiger partial charge in [-0.25, -0.2) is 15.0 Å². The van der Waals surface area contributed by atoms with E-state index in [1.54, 1.807) is 6.33 Å². The van der Waals surface area contributed by atoms with E-state index in [-0.39, 0.29) is 5.91 Å². The number of benzene rings is 2. The average molecular weight is 460 g/mol. The average Bonchev–Trinajstić information content (AvgIpc) is 3.31. The Morgan fingerprint density at radius 2 is 1.91 bits per heavy atom. The second-order valence-electron chi connectivity index (χ2n) is 8.48. The van der Waals surface area contributed by atoms with Gasteiger partial charge in [-0.05, 0) is 60.7 Å². The first-order valence-corrected chi connectivity index (χ1v) is 11.5. The zero-order chi connectivity index (χ0) is 24.2. The number of hydrogen-bond acceptors (Lipinski definition) is 4. The van der Waals surface area contributed by atoms with Gasteiger partial charge in [0.1, 0.15) is 12.0 Å². The second-order valence-corrected chi connectivity index (χ2v) is 8.48. The van der Waals surface area contributed by atoms with Gasteiger partial charge in [0.05, 0.1) is 5.69 Å². The Morgan fingerprint density at radius 3 is 2.77 bits per heavy atom. The number of H-pyrrole nitrogens is 1. The van der Waals surface area contributed by atoms with Crippen LogP contribution in [-0.4, -0.2) is 25.8 Å². The van der Waals surface area contributed by atoms with E-state index in [1.807, 2.05) is 42.9 Å². The van der Waals surface area contributed by atoms with Crippen LogP contribution >= 0.6 is 0 Å². The van der Waals surface area contributed by atoms with Gasteiger partial charge < -0.3 is 10.3 Å². The molecule has 3 heterocycles. The molecule has 35 heavy (non-hydrogen) atoms. The third kappa shape index (κ3) is 4.87. The Labute approximate surface area is 203 Å². The molecule has 6 heteroatoms. The van der Waals surface area contributed by atoms with Crippen LogP contribution < -0.4 is 5.32 Å². The molecule has 6 nitrogen and oxygen atoms in total. The maximum absolute atomic E-state index is 11.7. The Morgan fingerprint density at radius 1 is 1.03 bits per heavy atom. The SMILES string of the molecule is C=CC(=O)Nc1cccc(-c2cnc3[nH]cc(-c4ncncc4CCc4cccc(C)c4)c3c2)c1. The van der Waals surface area contributed by atoms with E-state index in [4.69, 9.17) is 0 Å². The lowest BCUT2D eigenvalue weighted by Gasteiger charge is -2.09. The maximum Gasteiger partial charge on any atom is 0.247 e. The smallest absolute Gasteiger partial charge is 0.247 e. The zero-order valence-corrected chi connectivity index (χ0v) is 19.5. The quantitative estimate of drug-likeness (QED) is 0.297. The molecule has 0 aliphatic carbocycles. The number of rotatable bonds is 7. The van der Waals surface area contributed by atoms with Crippen molar-refractivity contribution in [2.75, 3.05) is 5.32 Å². The fourth-order valence-electron chi connectivity index (χ4n) is 4.26. The number of hydrogen-bond donors (Lipinski definition) is 2. The molecule has 0 aliphatic rings. The molecule has 2 N–H and O–H groups in total. The molecule has 5 aromatic rings. The lowest BCUT2D eigenvalue weighted by atomic mass is 9.99. The van der Waals surface area contributed by atoms with E-state index in [1.165, 1.54) is 17.2 Å². The molecule has 172 valence electrons. The van der Waals surface area contributed by atoms with E-state index in [0.29, 0.717) is 5.69 Å². The first-order chi connectivity index (χ1) is 17.1. The number of aromatic nitrogens is 4. The number of anilines is 1. The fraction of sp³-hybridized carbons (Fsp3) is 0.103. The Balaban J connectivity index is 1.49. The minimum Gasteiger partial charge on any atom is -0.345 e. The zero-order valence-electron chi connectivity index (χ0n) is 19.5.